The largest absolute Gasteiger partial charge is 0.324 e. The van der Waals surface area contributed by atoms with Gasteiger partial charge in [-0.3, -0.25) is 4.90 Å². The molecule has 3 heterocycles. The summed E-state index contributed by atoms with van der Waals surface area (Å²) in [6.45, 7) is 5.26. The van der Waals surface area contributed by atoms with Crippen molar-refractivity contribution >= 4 is 11.0 Å². The van der Waals surface area contributed by atoms with E-state index in [1.807, 2.05) is 0 Å². The maximum absolute atomic E-state index is 14.1. The molecule has 174 valence electrons. The number of nitrogens with zero attached hydrogens (tertiary/aromatic N) is 3. The molecule has 0 saturated carbocycles. The molecule has 1 saturated heterocycles. The molecule has 0 spiro atoms. The van der Waals surface area contributed by atoms with Gasteiger partial charge in [0.15, 0.2) is 0 Å². The summed E-state index contributed by atoms with van der Waals surface area (Å²) in [6, 6.07) is 23.5. The third kappa shape index (κ3) is 4.05. The number of halogens is 1. The van der Waals surface area contributed by atoms with Gasteiger partial charge in [-0.25, -0.2) is 9.37 Å². The molecule has 0 amide bonds. The van der Waals surface area contributed by atoms with Crippen molar-refractivity contribution in [3.8, 4) is 0 Å². The highest BCUT2D eigenvalue weighted by atomic mass is 19.1. The van der Waals surface area contributed by atoms with Gasteiger partial charge in [-0.05, 0) is 86.4 Å². The van der Waals surface area contributed by atoms with Crippen LogP contribution in [0.25, 0.3) is 11.0 Å². The quantitative estimate of drug-likeness (QED) is 0.337. The van der Waals surface area contributed by atoms with E-state index in [0.717, 1.165) is 61.3 Å². The monoisotopic (exact) mass is 453 g/mol. The Kier molecular flexibility index (Phi) is 5.70. The smallest absolute Gasteiger partial charge is 0.125 e. The summed E-state index contributed by atoms with van der Waals surface area (Å²) in [7, 11) is 0. The Morgan fingerprint density at radius 3 is 2.53 bits per heavy atom. The van der Waals surface area contributed by atoms with Crippen LogP contribution in [0.15, 0.2) is 66.7 Å². The zero-order valence-electron chi connectivity index (χ0n) is 19.9. The zero-order chi connectivity index (χ0) is 23.1. The highest BCUT2D eigenvalue weighted by Crippen LogP contribution is 2.35. The molecule has 2 aliphatic heterocycles. The third-order valence-corrected chi connectivity index (χ3v) is 7.86. The molecule has 1 atom stereocenters. The van der Waals surface area contributed by atoms with E-state index in [1.54, 1.807) is 12.1 Å². The summed E-state index contributed by atoms with van der Waals surface area (Å²) < 4.78 is 16.5. The van der Waals surface area contributed by atoms with E-state index in [1.165, 1.54) is 29.5 Å². The fourth-order valence-corrected chi connectivity index (χ4v) is 6.11. The van der Waals surface area contributed by atoms with Gasteiger partial charge in [0.05, 0.1) is 17.6 Å². The standard InChI is InChI=1S/C30H32FN3/c1-21-11-12-25-18-26(31)19-28-30(25)34(21)29(32-28)20-33-15-13-23(14-16-33)27-10-6-5-9-24(27)17-22-7-3-2-4-8-22/h2-10,18-19,21,23H,11-17,20H2,1H3. The Balaban J connectivity index is 1.18. The Morgan fingerprint density at radius 1 is 0.941 bits per heavy atom. The minimum Gasteiger partial charge on any atom is -0.324 e. The van der Waals surface area contributed by atoms with E-state index in [0.29, 0.717) is 12.0 Å². The van der Waals surface area contributed by atoms with Crippen molar-refractivity contribution in [3.05, 3.63) is 101 Å². The molecule has 0 aliphatic carbocycles. The molecule has 4 aromatic rings. The lowest BCUT2D eigenvalue weighted by Gasteiger charge is -2.33. The molecule has 0 N–H and O–H groups in total. The van der Waals surface area contributed by atoms with Crippen LogP contribution in [0.4, 0.5) is 4.39 Å². The maximum atomic E-state index is 14.1. The molecule has 0 bridgehead atoms. The fourth-order valence-electron chi connectivity index (χ4n) is 6.11. The summed E-state index contributed by atoms with van der Waals surface area (Å²) in [4.78, 5) is 7.45. The molecule has 4 heteroatoms. The van der Waals surface area contributed by atoms with Crippen LogP contribution in [-0.2, 0) is 19.4 Å². The van der Waals surface area contributed by atoms with Crippen LogP contribution in [0.1, 0.15) is 66.2 Å². The van der Waals surface area contributed by atoms with Gasteiger partial charge in [-0.2, -0.15) is 0 Å². The number of likely N-dealkylation sites (tertiary alicyclic amines) is 1. The Hall–Kier alpha value is -2.98. The van der Waals surface area contributed by atoms with Gasteiger partial charge >= 0.3 is 0 Å². The van der Waals surface area contributed by atoms with E-state index in [-0.39, 0.29) is 5.82 Å². The number of rotatable bonds is 5. The number of piperidine rings is 1. The number of aromatic nitrogens is 2. The first-order chi connectivity index (χ1) is 16.7. The van der Waals surface area contributed by atoms with Gasteiger partial charge in [-0.15, -0.1) is 0 Å². The van der Waals surface area contributed by atoms with Gasteiger partial charge in [-0.1, -0.05) is 54.6 Å². The molecular weight excluding hydrogens is 421 g/mol. The van der Waals surface area contributed by atoms with Crippen molar-refractivity contribution < 1.29 is 4.39 Å². The van der Waals surface area contributed by atoms with Crippen molar-refractivity contribution in [1.82, 2.24) is 14.5 Å². The van der Waals surface area contributed by atoms with Crippen molar-refractivity contribution in [2.75, 3.05) is 13.1 Å². The molecule has 0 radical (unpaired) electrons. The van der Waals surface area contributed by atoms with E-state index in [9.17, 15) is 4.39 Å². The molecule has 1 unspecified atom stereocenters. The third-order valence-electron chi connectivity index (χ3n) is 7.86. The van der Waals surface area contributed by atoms with Gasteiger partial charge < -0.3 is 4.57 Å². The average Bonchev–Trinajstić information content (AvgIpc) is 3.22. The highest BCUT2D eigenvalue weighted by molar-refractivity contribution is 5.80. The minimum absolute atomic E-state index is 0.164. The lowest BCUT2D eigenvalue weighted by atomic mass is 9.85. The molecule has 34 heavy (non-hydrogen) atoms. The normalized spacial score (nSPS) is 19.1. The SMILES string of the molecule is CC1CCc2cc(F)cc3nc(CN4CCC(c5ccccc5Cc5ccccc5)CC4)n1c23. The average molecular weight is 454 g/mol. The molecule has 1 aromatic heterocycles. The molecule has 6 rings (SSSR count). The second-order valence-corrected chi connectivity index (χ2v) is 10.1. The Bertz CT molecular complexity index is 1300. The highest BCUT2D eigenvalue weighted by Gasteiger charge is 2.27. The van der Waals surface area contributed by atoms with Crippen LogP contribution >= 0.6 is 0 Å². The van der Waals surface area contributed by atoms with Crippen LogP contribution < -0.4 is 0 Å². The summed E-state index contributed by atoms with van der Waals surface area (Å²) in [5.41, 5.74) is 7.43. The van der Waals surface area contributed by atoms with Crippen LogP contribution in [0.5, 0.6) is 0 Å². The van der Waals surface area contributed by atoms with Crippen LogP contribution in [0.3, 0.4) is 0 Å². The van der Waals surface area contributed by atoms with E-state index in [4.69, 9.17) is 4.98 Å². The van der Waals surface area contributed by atoms with Gasteiger partial charge in [0.2, 0.25) is 0 Å². The minimum atomic E-state index is -0.164. The first-order valence-corrected chi connectivity index (χ1v) is 12.7. The number of hydrogen-bond donors (Lipinski definition) is 0. The van der Waals surface area contributed by atoms with Crippen LogP contribution in [0.2, 0.25) is 0 Å². The molecule has 1 fully saturated rings. The van der Waals surface area contributed by atoms with E-state index >= 15 is 0 Å². The van der Waals surface area contributed by atoms with E-state index < -0.39 is 0 Å². The summed E-state index contributed by atoms with van der Waals surface area (Å²) in [5.74, 6) is 1.54. The maximum Gasteiger partial charge on any atom is 0.125 e. The molecule has 3 nitrogen and oxygen atoms in total. The van der Waals surface area contributed by atoms with Crippen molar-refractivity contribution in [3.63, 3.8) is 0 Å². The van der Waals surface area contributed by atoms with Crippen molar-refractivity contribution in [1.29, 1.82) is 0 Å². The molecule has 3 aromatic carbocycles. The predicted octanol–water partition coefficient (Wildman–Crippen LogP) is 6.65. The van der Waals surface area contributed by atoms with Gasteiger partial charge in [0, 0.05) is 12.1 Å². The number of imidazole rings is 1. The lowest BCUT2D eigenvalue weighted by Crippen LogP contribution is -2.34. The van der Waals surface area contributed by atoms with Crippen molar-refractivity contribution in [2.24, 2.45) is 0 Å². The summed E-state index contributed by atoms with van der Waals surface area (Å²) >= 11 is 0. The topological polar surface area (TPSA) is 21.1 Å². The van der Waals surface area contributed by atoms with Gasteiger partial charge in [0.25, 0.3) is 0 Å². The Morgan fingerprint density at radius 2 is 1.71 bits per heavy atom. The van der Waals surface area contributed by atoms with Crippen LogP contribution in [0, 0.1) is 5.82 Å². The predicted molar refractivity (Wildman–Crippen MR) is 136 cm³/mol. The first kappa shape index (κ1) is 21.5. The lowest BCUT2D eigenvalue weighted by molar-refractivity contribution is 0.196. The van der Waals surface area contributed by atoms with Crippen LogP contribution in [-0.4, -0.2) is 27.5 Å². The van der Waals surface area contributed by atoms with Gasteiger partial charge in [0.1, 0.15) is 11.6 Å². The number of hydrogen-bond acceptors (Lipinski definition) is 2. The Labute approximate surface area is 201 Å². The summed E-state index contributed by atoms with van der Waals surface area (Å²) in [6.07, 6.45) is 5.32. The van der Waals surface area contributed by atoms with Crippen molar-refractivity contribution in [2.45, 2.75) is 57.5 Å². The molecule has 2 aliphatic rings. The number of aryl methyl sites for hydroxylation is 1. The second kappa shape index (κ2) is 8.99. The zero-order valence-corrected chi connectivity index (χ0v) is 19.9. The molecular formula is C30H32FN3. The summed E-state index contributed by atoms with van der Waals surface area (Å²) in [5, 5.41) is 0. The fraction of sp³-hybridized carbons (Fsp3) is 0.367. The second-order valence-electron chi connectivity index (χ2n) is 10.1. The van der Waals surface area contributed by atoms with E-state index in [2.05, 4.69) is 71.0 Å². The number of benzene rings is 3. The first-order valence-electron chi connectivity index (χ1n) is 12.7.